The topological polar surface area (TPSA) is 83.8 Å². The molecular weight excluding hydrogens is 454 g/mol. The Labute approximate surface area is 197 Å². The van der Waals surface area contributed by atoms with Gasteiger partial charge in [-0.1, -0.05) is 36.4 Å². The monoisotopic (exact) mass is 477 g/mol. The highest BCUT2D eigenvalue weighted by atomic mass is 32.2. The highest BCUT2D eigenvalue weighted by Crippen LogP contribution is 2.38. The van der Waals surface area contributed by atoms with Crippen LogP contribution in [0.2, 0.25) is 0 Å². The third-order valence-corrected chi connectivity index (χ3v) is 7.06. The number of rotatable bonds is 8. The zero-order valence-corrected chi connectivity index (χ0v) is 19.7. The van der Waals surface area contributed by atoms with Crippen LogP contribution in [-0.2, 0) is 10.0 Å². The van der Waals surface area contributed by atoms with Crippen molar-refractivity contribution in [3.63, 3.8) is 0 Å². The zero-order chi connectivity index (χ0) is 24.3. The molecule has 1 heterocycles. The Kier molecular flexibility index (Phi) is 6.43. The maximum atomic E-state index is 13.3. The lowest BCUT2D eigenvalue weighted by Crippen LogP contribution is -2.11. The van der Waals surface area contributed by atoms with Crippen LogP contribution in [0.25, 0.3) is 17.0 Å². The summed E-state index contributed by atoms with van der Waals surface area (Å²) in [7, 11) is 0.628. The Morgan fingerprint density at radius 2 is 1.47 bits per heavy atom. The maximum Gasteiger partial charge on any atom is 0.268 e. The van der Waals surface area contributed by atoms with Gasteiger partial charge in [-0.25, -0.2) is 12.4 Å². The number of methoxy groups -OCH3 is 3. The number of ketones is 1. The van der Waals surface area contributed by atoms with Gasteiger partial charge in [0.05, 0.1) is 31.7 Å². The summed E-state index contributed by atoms with van der Waals surface area (Å²) < 4.78 is 43.7. The first-order valence-corrected chi connectivity index (χ1v) is 11.8. The average Bonchev–Trinajstić information content (AvgIpc) is 3.26. The fourth-order valence-corrected chi connectivity index (χ4v) is 5.10. The SMILES string of the molecule is COc1cc(C(=O)/C=C/c2cn(S(=O)(=O)c3ccccc3)c3ccccc23)cc(OC)c1OC. The molecule has 3 aromatic carbocycles. The van der Waals surface area contributed by atoms with Crippen molar-refractivity contribution in [2.45, 2.75) is 4.90 Å². The number of carbonyl (C=O) groups excluding carboxylic acids is 1. The lowest BCUT2D eigenvalue weighted by molar-refractivity contribution is 0.104. The van der Waals surface area contributed by atoms with E-state index in [2.05, 4.69) is 0 Å². The van der Waals surface area contributed by atoms with E-state index in [1.807, 2.05) is 12.1 Å². The van der Waals surface area contributed by atoms with Gasteiger partial charge in [0, 0.05) is 22.7 Å². The Hall–Kier alpha value is -4.04. The maximum absolute atomic E-state index is 13.3. The van der Waals surface area contributed by atoms with Gasteiger partial charge in [-0.2, -0.15) is 0 Å². The predicted molar refractivity (Wildman–Crippen MR) is 130 cm³/mol. The van der Waals surface area contributed by atoms with Gasteiger partial charge in [0.25, 0.3) is 10.0 Å². The molecule has 0 aliphatic carbocycles. The van der Waals surface area contributed by atoms with Gasteiger partial charge in [0.2, 0.25) is 5.75 Å². The van der Waals surface area contributed by atoms with E-state index in [-0.39, 0.29) is 10.7 Å². The van der Waals surface area contributed by atoms with Crippen molar-refractivity contribution in [3.05, 3.63) is 90.1 Å². The van der Waals surface area contributed by atoms with E-state index in [0.29, 0.717) is 39.3 Å². The van der Waals surface area contributed by atoms with Crippen molar-refractivity contribution >= 4 is 32.8 Å². The number of fused-ring (bicyclic) bond motifs is 1. The van der Waals surface area contributed by atoms with Crippen molar-refractivity contribution < 1.29 is 27.4 Å². The number of hydrogen-bond donors (Lipinski definition) is 0. The van der Waals surface area contributed by atoms with Crippen LogP contribution in [0.15, 0.2) is 83.9 Å². The number of hydrogen-bond acceptors (Lipinski definition) is 6. The quantitative estimate of drug-likeness (QED) is 0.268. The van der Waals surface area contributed by atoms with Crippen molar-refractivity contribution in [3.8, 4) is 17.2 Å². The Morgan fingerprint density at radius 1 is 0.853 bits per heavy atom. The standard InChI is InChI=1S/C26H23NO6S/c1-31-24-15-19(16-25(32-2)26(24)33-3)23(28)14-13-18-17-27(22-12-8-7-11-21(18)22)34(29,30)20-9-5-4-6-10-20/h4-17H,1-3H3/b14-13+. The fourth-order valence-electron chi connectivity index (χ4n) is 3.70. The summed E-state index contributed by atoms with van der Waals surface area (Å²) in [6.45, 7) is 0. The summed E-state index contributed by atoms with van der Waals surface area (Å²) in [5, 5.41) is 0.705. The van der Waals surface area contributed by atoms with Gasteiger partial charge in [-0.15, -0.1) is 0 Å². The summed E-state index contributed by atoms with van der Waals surface area (Å²) in [5.74, 6) is 0.815. The van der Waals surface area contributed by atoms with E-state index in [1.165, 1.54) is 37.6 Å². The molecule has 0 amide bonds. The van der Waals surface area contributed by atoms with Crippen LogP contribution >= 0.6 is 0 Å². The van der Waals surface area contributed by atoms with E-state index >= 15 is 0 Å². The lowest BCUT2D eigenvalue weighted by Gasteiger charge is -2.13. The molecule has 4 rings (SSSR count). The minimum absolute atomic E-state index is 0.180. The molecule has 7 nitrogen and oxygen atoms in total. The van der Waals surface area contributed by atoms with Crippen LogP contribution in [0.1, 0.15) is 15.9 Å². The number of carbonyl (C=O) groups is 1. The average molecular weight is 478 g/mol. The summed E-state index contributed by atoms with van der Waals surface area (Å²) in [5.41, 5.74) is 1.45. The number of para-hydroxylation sites is 1. The summed E-state index contributed by atoms with van der Waals surface area (Å²) in [4.78, 5) is 13.1. The molecule has 34 heavy (non-hydrogen) atoms. The fraction of sp³-hybridized carbons (Fsp3) is 0.115. The van der Waals surface area contributed by atoms with Crippen molar-refractivity contribution in [1.82, 2.24) is 3.97 Å². The van der Waals surface area contributed by atoms with Gasteiger partial charge in [0.15, 0.2) is 17.3 Å². The van der Waals surface area contributed by atoms with Crippen molar-refractivity contribution in [1.29, 1.82) is 0 Å². The first kappa shape index (κ1) is 23.1. The van der Waals surface area contributed by atoms with Gasteiger partial charge in [-0.3, -0.25) is 4.79 Å². The van der Waals surface area contributed by atoms with Crippen molar-refractivity contribution in [2.24, 2.45) is 0 Å². The first-order chi connectivity index (χ1) is 16.4. The van der Waals surface area contributed by atoms with Crippen molar-refractivity contribution in [2.75, 3.05) is 21.3 Å². The summed E-state index contributed by atoms with van der Waals surface area (Å²) in [6.07, 6.45) is 4.51. The molecule has 0 radical (unpaired) electrons. The summed E-state index contributed by atoms with van der Waals surface area (Å²) in [6, 6.07) is 18.5. The third-order valence-electron chi connectivity index (χ3n) is 5.37. The van der Waals surface area contributed by atoms with Gasteiger partial charge in [0.1, 0.15) is 0 Å². The molecule has 0 aliphatic heterocycles. The minimum Gasteiger partial charge on any atom is -0.493 e. The molecule has 0 atom stereocenters. The number of nitrogens with zero attached hydrogens (tertiary/aromatic N) is 1. The molecule has 0 N–H and O–H groups in total. The second kappa shape index (κ2) is 9.44. The van der Waals surface area contributed by atoms with Crippen LogP contribution in [0, 0.1) is 0 Å². The molecule has 0 fully saturated rings. The lowest BCUT2D eigenvalue weighted by atomic mass is 10.1. The van der Waals surface area contributed by atoms with Crippen LogP contribution in [0.5, 0.6) is 17.2 Å². The smallest absolute Gasteiger partial charge is 0.268 e. The molecule has 174 valence electrons. The predicted octanol–water partition coefficient (Wildman–Crippen LogP) is 4.80. The molecule has 0 saturated carbocycles. The van der Waals surface area contributed by atoms with Gasteiger partial charge >= 0.3 is 0 Å². The second-order valence-electron chi connectivity index (χ2n) is 7.33. The largest absolute Gasteiger partial charge is 0.493 e. The number of ether oxygens (including phenoxy) is 3. The van der Waals surface area contributed by atoms with Gasteiger partial charge in [-0.05, 0) is 42.5 Å². The number of allylic oxidation sites excluding steroid dienone is 1. The van der Waals surface area contributed by atoms with E-state index in [9.17, 15) is 13.2 Å². The molecule has 0 spiro atoms. The van der Waals surface area contributed by atoms with Crippen LogP contribution in [0.3, 0.4) is 0 Å². The Bertz CT molecular complexity index is 1460. The van der Waals surface area contributed by atoms with Crippen LogP contribution in [0.4, 0.5) is 0 Å². The van der Waals surface area contributed by atoms with Crippen LogP contribution < -0.4 is 14.2 Å². The first-order valence-electron chi connectivity index (χ1n) is 10.3. The Balaban J connectivity index is 1.75. The molecule has 0 unspecified atom stereocenters. The number of benzene rings is 3. The number of aromatic nitrogens is 1. The second-order valence-corrected chi connectivity index (χ2v) is 9.14. The highest BCUT2D eigenvalue weighted by molar-refractivity contribution is 7.90. The normalized spacial score (nSPS) is 11.6. The van der Waals surface area contributed by atoms with E-state index in [1.54, 1.807) is 60.7 Å². The molecule has 0 saturated heterocycles. The van der Waals surface area contributed by atoms with Gasteiger partial charge < -0.3 is 14.2 Å². The summed E-state index contributed by atoms with van der Waals surface area (Å²) >= 11 is 0. The Morgan fingerprint density at radius 3 is 2.09 bits per heavy atom. The molecule has 1 aromatic heterocycles. The third kappa shape index (κ3) is 4.15. The van der Waals surface area contributed by atoms with E-state index < -0.39 is 10.0 Å². The molecule has 8 heteroatoms. The molecule has 4 aromatic rings. The zero-order valence-electron chi connectivity index (χ0n) is 18.9. The molecular formula is C26H23NO6S. The van der Waals surface area contributed by atoms with E-state index in [4.69, 9.17) is 14.2 Å². The highest BCUT2D eigenvalue weighted by Gasteiger charge is 2.20. The molecule has 0 aliphatic rings. The minimum atomic E-state index is -3.81. The van der Waals surface area contributed by atoms with Crippen LogP contribution in [-0.4, -0.2) is 39.5 Å². The van der Waals surface area contributed by atoms with E-state index in [0.717, 1.165) is 0 Å². The molecule has 0 bridgehead atoms.